The summed E-state index contributed by atoms with van der Waals surface area (Å²) in [6, 6.07) is 3.69. The van der Waals surface area contributed by atoms with Crippen LogP contribution in [-0.2, 0) is 9.53 Å². The van der Waals surface area contributed by atoms with Crippen molar-refractivity contribution in [3.8, 4) is 5.75 Å². The summed E-state index contributed by atoms with van der Waals surface area (Å²) in [4.78, 5) is 29.7. The largest absolute Gasteiger partial charge is 0.493 e. The number of esters is 1. The summed E-state index contributed by atoms with van der Waals surface area (Å²) in [5.74, 6) is 0.901. The van der Waals surface area contributed by atoms with Crippen LogP contribution in [0.25, 0.3) is 21.2 Å². The topological polar surface area (TPSA) is 78.6 Å². The molecule has 0 unspecified atom stereocenters. The summed E-state index contributed by atoms with van der Waals surface area (Å²) in [6.45, 7) is 9.43. The number of nitrogens with zero attached hydrogens (tertiary/aromatic N) is 1. The Labute approximate surface area is 167 Å². The lowest BCUT2D eigenvalue weighted by Gasteiger charge is -2.19. The fourth-order valence-corrected chi connectivity index (χ4v) is 3.90. The number of ether oxygens (including phenoxy) is 2. The van der Waals surface area contributed by atoms with Crippen LogP contribution in [-0.4, -0.2) is 29.4 Å². The first kappa shape index (κ1) is 20.3. The number of Topliss-reactive ketones (excluding diaryl/α,β-unsaturated/α-hetero) is 1. The highest BCUT2D eigenvalue weighted by molar-refractivity contribution is 7.21. The van der Waals surface area contributed by atoms with Gasteiger partial charge in [0.1, 0.15) is 11.1 Å². The van der Waals surface area contributed by atoms with Crippen LogP contribution in [0.5, 0.6) is 5.75 Å². The van der Waals surface area contributed by atoms with Gasteiger partial charge in [0.15, 0.2) is 23.0 Å². The van der Waals surface area contributed by atoms with Gasteiger partial charge in [-0.15, -0.1) is 11.3 Å². The Morgan fingerprint density at radius 1 is 1.21 bits per heavy atom. The van der Waals surface area contributed by atoms with Gasteiger partial charge in [-0.2, -0.15) is 0 Å². The minimum atomic E-state index is -0.555. The number of hydrogen-bond donors (Lipinski definition) is 0. The summed E-state index contributed by atoms with van der Waals surface area (Å²) in [6.07, 6.45) is 0.169. The standard InChI is InChI=1S/C21H25NO5S/c1-11(2)20-22-18-12-9-16(13(23)7-8-17(24)27-21(3,4)5)28-15(12)10-14(25-6)19(18)26-20/h9-11H,7-8H2,1-6H3. The first-order chi connectivity index (χ1) is 13.1. The quantitative estimate of drug-likeness (QED) is 0.401. The Kier molecular flexibility index (Phi) is 5.48. The van der Waals surface area contributed by atoms with E-state index in [4.69, 9.17) is 13.9 Å². The zero-order valence-electron chi connectivity index (χ0n) is 17.0. The molecule has 0 N–H and O–H groups in total. The third-order valence-corrected chi connectivity index (χ3v) is 5.23. The maximum atomic E-state index is 12.6. The van der Waals surface area contributed by atoms with Gasteiger partial charge in [0.05, 0.1) is 18.4 Å². The fourth-order valence-electron chi connectivity index (χ4n) is 2.84. The maximum Gasteiger partial charge on any atom is 0.306 e. The molecule has 2 aromatic heterocycles. The molecule has 0 saturated heterocycles. The number of methoxy groups -OCH3 is 1. The molecule has 6 nitrogen and oxygen atoms in total. The van der Waals surface area contributed by atoms with Gasteiger partial charge in [-0.3, -0.25) is 9.59 Å². The normalized spacial score (nSPS) is 12.1. The van der Waals surface area contributed by atoms with E-state index in [0.717, 1.165) is 10.1 Å². The van der Waals surface area contributed by atoms with Gasteiger partial charge >= 0.3 is 5.97 Å². The molecule has 0 atom stereocenters. The Hall–Kier alpha value is -2.41. The van der Waals surface area contributed by atoms with E-state index >= 15 is 0 Å². The number of carbonyl (C=O) groups is 2. The van der Waals surface area contributed by atoms with E-state index in [9.17, 15) is 9.59 Å². The molecule has 0 fully saturated rings. The second-order valence-corrected chi connectivity index (χ2v) is 9.08. The average Bonchev–Trinajstić information content (AvgIpc) is 3.21. The molecule has 2 heterocycles. The first-order valence-electron chi connectivity index (χ1n) is 9.25. The SMILES string of the molecule is COc1cc2sc(C(=O)CCC(=O)OC(C)(C)C)cc2c2nc(C(C)C)oc12. The molecule has 1 aromatic carbocycles. The number of carbonyl (C=O) groups excluding carboxylic acids is 2. The van der Waals surface area contributed by atoms with E-state index in [1.165, 1.54) is 11.3 Å². The minimum absolute atomic E-state index is 0.0601. The van der Waals surface area contributed by atoms with Crippen molar-refractivity contribution < 1.29 is 23.5 Å². The van der Waals surface area contributed by atoms with Crippen molar-refractivity contribution in [3.63, 3.8) is 0 Å². The Bertz CT molecular complexity index is 1040. The van der Waals surface area contributed by atoms with E-state index in [0.29, 0.717) is 27.6 Å². The molecule has 28 heavy (non-hydrogen) atoms. The number of aromatic nitrogens is 1. The smallest absolute Gasteiger partial charge is 0.306 e. The van der Waals surface area contributed by atoms with Crippen LogP contribution in [0.1, 0.15) is 68.9 Å². The number of ketones is 1. The highest BCUT2D eigenvalue weighted by Gasteiger charge is 2.21. The molecule has 0 aliphatic rings. The van der Waals surface area contributed by atoms with E-state index < -0.39 is 5.60 Å². The lowest BCUT2D eigenvalue weighted by Crippen LogP contribution is -2.24. The van der Waals surface area contributed by atoms with E-state index in [1.54, 1.807) is 27.9 Å². The van der Waals surface area contributed by atoms with Crippen molar-refractivity contribution in [3.05, 3.63) is 22.9 Å². The van der Waals surface area contributed by atoms with Crippen LogP contribution in [0.3, 0.4) is 0 Å². The molecule has 0 radical (unpaired) electrons. The highest BCUT2D eigenvalue weighted by atomic mass is 32.1. The van der Waals surface area contributed by atoms with E-state index in [-0.39, 0.29) is 30.5 Å². The van der Waals surface area contributed by atoms with Crippen LogP contribution in [0.4, 0.5) is 0 Å². The van der Waals surface area contributed by atoms with Crippen LogP contribution in [0.15, 0.2) is 16.5 Å². The molecule has 150 valence electrons. The monoisotopic (exact) mass is 403 g/mol. The summed E-state index contributed by atoms with van der Waals surface area (Å²) in [5.41, 5.74) is 0.728. The molecule has 7 heteroatoms. The highest BCUT2D eigenvalue weighted by Crippen LogP contribution is 2.39. The van der Waals surface area contributed by atoms with Gasteiger partial charge < -0.3 is 13.9 Å². The Morgan fingerprint density at radius 2 is 1.93 bits per heavy atom. The molecular formula is C21H25NO5S. The molecular weight excluding hydrogens is 378 g/mol. The van der Waals surface area contributed by atoms with Crippen LogP contribution < -0.4 is 4.74 Å². The lowest BCUT2D eigenvalue weighted by molar-refractivity contribution is -0.154. The zero-order chi connectivity index (χ0) is 20.6. The van der Waals surface area contributed by atoms with Gasteiger partial charge in [0.2, 0.25) is 0 Å². The number of hydrogen-bond acceptors (Lipinski definition) is 7. The summed E-state index contributed by atoms with van der Waals surface area (Å²) in [7, 11) is 1.58. The third-order valence-electron chi connectivity index (χ3n) is 4.11. The maximum absolute atomic E-state index is 12.6. The van der Waals surface area contributed by atoms with Crippen molar-refractivity contribution in [2.45, 2.75) is 59.0 Å². The van der Waals surface area contributed by atoms with Gasteiger partial charge in [0.25, 0.3) is 0 Å². The van der Waals surface area contributed by atoms with Crippen molar-refractivity contribution >= 4 is 44.3 Å². The fraction of sp³-hybridized carbons (Fsp3) is 0.476. The van der Waals surface area contributed by atoms with Crippen LogP contribution in [0, 0.1) is 0 Å². The summed E-state index contributed by atoms with van der Waals surface area (Å²) >= 11 is 1.37. The van der Waals surface area contributed by atoms with Crippen LogP contribution >= 0.6 is 11.3 Å². The Morgan fingerprint density at radius 3 is 2.54 bits per heavy atom. The van der Waals surface area contributed by atoms with Crippen molar-refractivity contribution in [1.29, 1.82) is 0 Å². The molecule has 0 spiro atoms. The molecule has 3 rings (SSSR count). The number of benzene rings is 1. The molecule has 0 bridgehead atoms. The molecule has 0 aliphatic heterocycles. The van der Waals surface area contributed by atoms with Gasteiger partial charge in [0, 0.05) is 28.5 Å². The molecule has 0 aliphatic carbocycles. The minimum Gasteiger partial charge on any atom is -0.493 e. The molecule has 0 amide bonds. The predicted octanol–water partition coefficient (Wildman–Crippen LogP) is 5.48. The predicted molar refractivity (Wildman–Crippen MR) is 109 cm³/mol. The van der Waals surface area contributed by atoms with Crippen molar-refractivity contribution in [1.82, 2.24) is 4.98 Å². The Balaban J connectivity index is 1.90. The van der Waals surface area contributed by atoms with Crippen molar-refractivity contribution in [2.24, 2.45) is 0 Å². The van der Waals surface area contributed by atoms with Gasteiger partial charge in [-0.25, -0.2) is 4.98 Å². The molecule has 3 aromatic rings. The second kappa shape index (κ2) is 7.54. The average molecular weight is 404 g/mol. The van der Waals surface area contributed by atoms with Gasteiger partial charge in [-0.05, 0) is 26.8 Å². The lowest BCUT2D eigenvalue weighted by atomic mass is 10.1. The van der Waals surface area contributed by atoms with E-state index in [1.807, 2.05) is 26.0 Å². The summed E-state index contributed by atoms with van der Waals surface area (Å²) < 4.78 is 17.5. The van der Waals surface area contributed by atoms with Crippen LogP contribution in [0.2, 0.25) is 0 Å². The van der Waals surface area contributed by atoms with E-state index in [2.05, 4.69) is 4.98 Å². The zero-order valence-corrected chi connectivity index (χ0v) is 17.9. The number of fused-ring (bicyclic) bond motifs is 3. The molecule has 0 saturated carbocycles. The number of thiophene rings is 1. The summed E-state index contributed by atoms with van der Waals surface area (Å²) in [5, 5.41) is 0.858. The first-order valence-corrected chi connectivity index (χ1v) is 10.1. The van der Waals surface area contributed by atoms with Crippen molar-refractivity contribution in [2.75, 3.05) is 7.11 Å². The van der Waals surface area contributed by atoms with Gasteiger partial charge in [-0.1, -0.05) is 13.8 Å². The third kappa shape index (κ3) is 4.19. The number of rotatable bonds is 6. The second-order valence-electron chi connectivity index (χ2n) is 8.00. The number of oxazole rings is 1.